The molecule has 0 unspecified atom stereocenters. The third-order valence-electron chi connectivity index (χ3n) is 3.71. The predicted molar refractivity (Wildman–Crippen MR) is 103 cm³/mol. The molecule has 0 aliphatic carbocycles. The van der Waals surface area contributed by atoms with Crippen LogP contribution in [0.5, 0.6) is 0 Å². The van der Waals surface area contributed by atoms with E-state index in [9.17, 15) is 4.79 Å². The molecule has 0 saturated heterocycles. The smallest absolute Gasteiger partial charge is 0.338 e. The Balaban J connectivity index is 1.59. The average molecular weight is 335 g/mol. The molecule has 0 atom stereocenters. The first-order chi connectivity index (χ1) is 12.3. The highest BCUT2D eigenvalue weighted by atomic mass is 16.5. The molecule has 2 rings (SSSR count). The van der Waals surface area contributed by atoms with Gasteiger partial charge in [-0.15, -0.1) is 0 Å². The van der Waals surface area contributed by atoms with Gasteiger partial charge in [0, 0.05) is 24.2 Å². The summed E-state index contributed by atoms with van der Waals surface area (Å²) in [6, 6.07) is 17.5. The van der Waals surface area contributed by atoms with Crippen molar-refractivity contribution in [2.75, 3.05) is 18.5 Å². The number of ether oxygens (including phenoxy) is 1. The number of unbranched alkanes of at least 4 members (excludes halogenated alkanes) is 3. The molecule has 25 heavy (non-hydrogen) atoms. The Morgan fingerprint density at radius 2 is 1.76 bits per heavy atom. The van der Waals surface area contributed by atoms with Gasteiger partial charge in [0.25, 0.3) is 0 Å². The van der Waals surface area contributed by atoms with Crippen LogP contribution < -0.4 is 5.32 Å². The minimum absolute atomic E-state index is 0.273. The van der Waals surface area contributed by atoms with E-state index in [2.05, 4.69) is 17.2 Å². The summed E-state index contributed by atoms with van der Waals surface area (Å²) in [4.78, 5) is 11.6. The first kappa shape index (κ1) is 18.6. The monoisotopic (exact) mass is 335 g/mol. The third-order valence-corrected chi connectivity index (χ3v) is 3.71. The first-order valence-corrected chi connectivity index (χ1v) is 8.84. The van der Waals surface area contributed by atoms with Crippen LogP contribution >= 0.6 is 0 Å². The lowest BCUT2D eigenvalue weighted by Crippen LogP contribution is -2.05. The molecule has 130 valence electrons. The van der Waals surface area contributed by atoms with E-state index in [0.717, 1.165) is 43.5 Å². The highest BCUT2D eigenvalue weighted by Crippen LogP contribution is 2.11. The van der Waals surface area contributed by atoms with Crippen molar-refractivity contribution in [3.8, 4) is 11.8 Å². The second-order valence-corrected chi connectivity index (χ2v) is 5.70. The molecule has 3 heteroatoms. The Kier molecular flexibility index (Phi) is 8.14. The first-order valence-electron chi connectivity index (χ1n) is 8.84. The van der Waals surface area contributed by atoms with Crippen LogP contribution in [-0.4, -0.2) is 19.1 Å². The molecule has 1 N–H and O–H groups in total. The summed E-state index contributed by atoms with van der Waals surface area (Å²) in [5, 5.41) is 3.37. The van der Waals surface area contributed by atoms with Crippen LogP contribution in [0.15, 0.2) is 54.6 Å². The molecule has 0 radical (unpaired) electrons. The van der Waals surface area contributed by atoms with Gasteiger partial charge in [-0.05, 0) is 56.2 Å². The fourth-order valence-corrected chi connectivity index (χ4v) is 2.37. The number of hydrogen-bond donors (Lipinski definition) is 1. The van der Waals surface area contributed by atoms with E-state index >= 15 is 0 Å². The zero-order valence-corrected chi connectivity index (χ0v) is 14.8. The largest absolute Gasteiger partial charge is 0.462 e. The number of rotatable bonds is 8. The number of esters is 1. The van der Waals surface area contributed by atoms with Crippen molar-refractivity contribution in [1.82, 2.24) is 0 Å². The number of benzene rings is 2. The van der Waals surface area contributed by atoms with Crippen LogP contribution in [0.4, 0.5) is 5.69 Å². The van der Waals surface area contributed by atoms with Crippen LogP contribution in [0.3, 0.4) is 0 Å². The van der Waals surface area contributed by atoms with E-state index in [1.54, 1.807) is 19.1 Å². The van der Waals surface area contributed by atoms with Gasteiger partial charge in [0.1, 0.15) is 0 Å². The predicted octanol–water partition coefficient (Wildman–Crippen LogP) is 4.89. The molecule has 0 aromatic heterocycles. The number of hydrogen-bond acceptors (Lipinski definition) is 3. The fourth-order valence-electron chi connectivity index (χ4n) is 2.37. The maximum atomic E-state index is 11.6. The van der Waals surface area contributed by atoms with Crippen LogP contribution in [0.25, 0.3) is 0 Å². The zero-order chi connectivity index (χ0) is 17.7. The Bertz CT molecular complexity index is 696. The van der Waals surface area contributed by atoms with Crippen molar-refractivity contribution in [3.05, 3.63) is 65.7 Å². The topological polar surface area (TPSA) is 38.3 Å². The summed E-state index contributed by atoms with van der Waals surface area (Å²) in [7, 11) is 0. The van der Waals surface area contributed by atoms with Crippen LogP contribution in [-0.2, 0) is 4.74 Å². The van der Waals surface area contributed by atoms with E-state index < -0.39 is 0 Å². The van der Waals surface area contributed by atoms with Crippen molar-refractivity contribution in [2.45, 2.75) is 32.6 Å². The second-order valence-electron chi connectivity index (χ2n) is 5.70. The third kappa shape index (κ3) is 7.14. The van der Waals surface area contributed by atoms with Gasteiger partial charge in [-0.3, -0.25) is 0 Å². The van der Waals surface area contributed by atoms with Gasteiger partial charge in [-0.1, -0.05) is 36.5 Å². The van der Waals surface area contributed by atoms with Crippen molar-refractivity contribution < 1.29 is 9.53 Å². The Hall–Kier alpha value is -2.73. The van der Waals surface area contributed by atoms with Gasteiger partial charge in [0.05, 0.1) is 12.2 Å². The summed E-state index contributed by atoms with van der Waals surface area (Å²) >= 11 is 0. The normalized spacial score (nSPS) is 9.80. The molecule has 0 bridgehead atoms. The van der Waals surface area contributed by atoms with Gasteiger partial charge < -0.3 is 10.1 Å². The van der Waals surface area contributed by atoms with E-state index in [1.807, 2.05) is 42.5 Å². The number of anilines is 1. The van der Waals surface area contributed by atoms with E-state index in [4.69, 9.17) is 4.74 Å². The standard InChI is InChI=1S/C22H25NO2/c1-2-25-22(24)20-14-16-21(17-15-20)23-18-10-5-3-4-7-11-19-12-8-6-9-13-19/h6,8-9,12-17,23H,2-5,10,18H2,1H3. The maximum absolute atomic E-state index is 11.6. The fraction of sp³-hybridized carbons (Fsp3) is 0.318. The second kappa shape index (κ2) is 10.9. The molecule has 3 nitrogen and oxygen atoms in total. The van der Waals surface area contributed by atoms with Crippen LogP contribution in [0.2, 0.25) is 0 Å². The summed E-state index contributed by atoms with van der Waals surface area (Å²) in [6.45, 7) is 3.13. The molecule has 0 amide bonds. The van der Waals surface area contributed by atoms with Gasteiger partial charge in [0.2, 0.25) is 0 Å². The van der Waals surface area contributed by atoms with E-state index in [-0.39, 0.29) is 5.97 Å². The van der Waals surface area contributed by atoms with Gasteiger partial charge in [-0.2, -0.15) is 0 Å². The molecule has 0 saturated carbocycles. The van der Waals surface area contributed by atoms with Gasteiger partial charge in [-0.25, -0.2) is 4.79 Å². The molecule has 2 aromatic carbocycles. The van der Waals surface area contributed by atoms with Gasteiger partial charge in [0.15, 0.2) is 0 Å². The van der Waals surface area contributed by atoms with Crippen LogP contribution in [0.1, 0.15) is 48.5 Å². The lowest BCUT2D eigenvalue weighted by Gasteiger charge is -2.07. The minimum Gasteiger partial charge on any atom is -0.462 e. The lowest BCUT2D eigenvalue weighted by atomic mass is 10.1. The Labute approximate surface area is 150 Å². The maximum Gasteiger partial charge on any atom is 0.338 e. The highest BCUT2D eigenvalue weighted by Gasteiger charge is 2.05. The molecule has 0 heterocycles. The Morgan fingerprint density at radius 1 is 1.00 bits per heavy atom. The quantitative estimate of drug-likeness (QED) is 0.424. The summed E-state index contributed by atoms with van der Waals surface area (Å²) < 4.78 is 4.97. The Morgan fingerprint density at radius 3 is 2.48 bits per heavy atom. The molecule has 0 aliphatic heterocycles. The molecule has 0 aliphatic rings. The van der Waals surface area contributed by atoms with Crippen molar-refractivity contribution in [3.63, 3.8) is 0 Å². The molecule has 0 fully saturated rings. The zero-order valence-electron chi connectivity index (χ0n) is 14.8. The van der Waals surface area contributed by atoms with Crippen molar-refractivity contribution in [1.29, 1.82) is 0 Å². The van der Waals surface area contributed by atoms with Crippen LogP contribution in [0, 0.1) is 11.8 Å². The molecule has 0 spiro atoms. The van der Waals surface area contributed by atoms with Crippen molar-refractivity contribution >= 4 is 11.7 Å². The molecular weight excluding hydrogens is 310 g/mol. The number of carbonyl (C=O) groups is 1. The summed E-state index contributed by atoms with van der Waals surface area (Å²) in [6.07, 6.45) is 4.30. The minimum atomic E-state index is -0.273. The molecule has 2 aromatic rings. The summed E-state index contributed by atoms with van der Waals surface area (Å²) in [5.41, 5.74) is 2.69. The van der Waals surface area contributed by atoms with E-state index in [0.29, 0.717) is 12.2 Å². The summed E-state index contributed by atoms with van der Waals surface area (Å²) in [5.74, 6) is 6.13. The lowest BCUT2D eigenvalue weighted by molar-refractivity contribution is 0.0526. The van der Waals surface area contributed by atoms with E-state index in [1.165, 1.54) is 0 Å². The van der Waals surface area contributed by atoms with Crippen molar-refractivity contribution in [2.24, 2.45) is 0 Å². The average Bonchev–Trinajstić information content (AvgIpc) is 2.65. The highest BCUT2D eigenvalue weighted by molar-refractivity contribution is 5.89. The number of nitrogens with one attached hydrogen (secondary N) is 1. The molecular formula is C22H25NO2. The van der Waals surface area contributed by atoms with Gasteiger partial charge >= 0.3 is 5.97 Å². The SMILES string of the molecule is CCOC(=O)c1ccc(NCCCCCC#Cc2ccccc2)cc1. The number of carbonyl (C=O) groups excluding carboxylic acids is 1.